The van der Waals surface area contributed by atoms with E-state index < -0.39 is 17.7 Å². The van der Waals surface area contributed by atoms with Gasteiger partial charge in [-0.05, 0) is 55.0 Å². The first-order chi connectivity index (χ1) is 17.2. The quantitative estimate of drug-likeness (QED) is 0.240. The van der Waals surface area contributed by atoms with Crippen molar-refractivity contribution in [2.75, 3.05) is 12.4 Å². The number of carbonyl (C=O) groups excluding carboxylic acids is 2. The van der Waals surface area contributed by atoms with Crippen molar-refractivity contribution in [3.8, 4) is 0 Å². The van der Waals surface area contributed by atoms with Gasteiger partial charge >= 0.3 is 12.1 Å². The maximum absolute atomic E-state index is 13.0. The number of halogens is 3. The Labute approximate surface area is 208 Å². The van der Waals surface area contributed by atoms with Crippen LogP contribution in [0, 0.1) is 0 Å². The van der Waals surface area contributed by atoms with E-state index in [1.54, 1.807) is 41.8 Å². The molecule has 7 nitrogen and oxygen atoms in total. The standard InChI is InChI=1S/C25H22F3N3O4S/c1-2-34-23(33)17-7-10-21-20(12-17)30-24(36-15-22(32)29-13-19-4-3-11-35-19)31(21)14-16-5-8-18(9-6-16)25(26,27)28/h3-12H,2,13-15H2,1H3,(H,29,32). The first-order valence-electron chi connectivity index (χ1n) is 11.0. The molecule has 0 aliphatic heterocycles. The van der Waals surface area contributed by atoms with Crippen molar-refractivity contribution in [1.29, 1.82) is 0 Å². The van der Waals surface area contributed by atoms with Gasteiger partial charge in [-0.25, -0.2) is 9.78 Å². The summed E-state index contributed by atoms with van der Waals surface area (Å²) < 4.78 is 50.9. The molecule has 0 saturated heterocycles. The van der Waals surface area contributed by atoms with Gasteiger partial charge in [0.05, 0.1) is 53.9 Å². The molecule has 11 heteroatoms. The van der Waals surface area contributed by atoms with E-state index in [4.69, 9.17) is 9.15 Å². The highest BCUT2D eigenvalue weighted by Gasteiger charge is 2.30. The van der Waals surface area contributed by atoms with E-state index in [1.165, 1.54) is 30.2 Å². The highest BCUT2D eigenvalue weighted by Crippen LogP contribution is 2.30. The summed E-state index contributed by atoms with van der Waals surface area (Å²) in [5.74, 6) is -0.0452. The van der Waals surface area contributed by atoms with Crippen LogP contribution in [0.5, 0.6) is 0 Å². The SMILES string of the molecule is CCOC(=O)c1ccc2c(c1)nc(SCC(=O)NCc1ccco1)n2Cc1ccc(C(F)(F)F)cc1. The topological polar surface area (TPSA) is 86.4 Å². The lowest BCUT2D eigenvalue weighted by atomic mass is 10.1. The summed E-state index contributed by atoms with van der Waals surface area (Å²) in [5, 5.41) is 3.24. The van der Waals surface area contributed by atoms with E-state index in [1.807, 2.05) is 0 Å². The van der Waals surface area contributed by atoms with Gasteiger partial charge in [0.15, 0.2) is 5.16 Å². The molecule has 2 aromatic heterocycles. The third kappa shape index (κ3) is 6.09. The molecule has 0 radical (unpaired) electrons. The van der Waals surface area contributed by atoms with Crippen LogP contribution in [-0.4, -0.2) is 33.8 Å². The largest absolute Gasteiger partial charge is 0.467 e. The number of fused-ring (bicyclic) bond motifs is 1. The van der Waals surface area contributed by atoms with Gasteiger partial charge in [0.2, 0.25) is 5.91 Å². The second-order valence-corrected chi connectivity index (χ2v) is 8.69. The van der Waals surface area contributed by atoms with Gasteiger partial charge in [-0.2, -0.15) is 13.2 Å². The van der Waals surface area contributed by atoms with Crippen LogP contribution in [0.1, 0.15) is 34.2 Å². The molecule has 4 rings (SSSR count). The number of amides is 1. The number of carbonyl (C=O) groups is 2. The lowest BCUT2D eigenvalue weighted by Crippen LogP contribution is -2.24. The van der Waals surface area contributed by atoms with Crippen molar-refractivity contribution < 1.29 is 31.9 Å². The molecule has 0 spiro atoms. The Balaban J connectivity index is 1.58. The van der Waals surface area contributed by atoms with Gasteiger partial charge in [0.1, 0.15) is 5.76 Å². The number of nitrogens with zero attached hydrogens (tertiary/aromatic N) is 2. The van der Waals surface area contributed by atoms with Crippen molar-refractivity contribution in [2.24, 2.45) is 0 Å². The summed E-state index contributed by atoms with van der Waals surface area (Å²) in [6.07, 6.45) is -2.90. The lowest BCUT2D eigenvalue weighted by Gasteiger charge is -2.11. The fourth-order valence-electron chi connectivity index (χ4n) is 3.47. The zero-order chi connectivity index (χ0) is 25.7. The number of thioether (sulfide) groups is 1. The van der Waals surface area contributed by atoms with Crippen molar-refractivity contribution in [3.63, 3.8) is 0 Å². The summed E-state index contributed by atoms with van der Waals surface area (Å²) in [7, 11) is 0. The number of hydrogen-bond donors (Lipinski definition) is 1. The molecule has 0 aliphatic carbocycles. The molecule has 188 valence electrons. The highest BCUT2D eigenvalue weighted by molar-refractivity contribution is 7.99. The molecular weight excluding hydrogens is 495 g/mol. The van der Waals surface area contributed by atoms with Crippen molar-refractivity contribution in [2.45, 2.75) is 31.3 Å². The first kappa shape index (κ1) is 25.4. The van der Waals surface area contributed by atoms with Crippen molar-refractivity contribution in [1.82, 2.24) is 14.9 Å². The number of esters is 1. The van der Waals surface area contributed by atoms with Gasteiger partial charge in [-0.1, -0.05) is 23.9 Å². The molecule has 2 heterocycles. The van der Waals surface area contributed by atoms with E-state index in [0.717, 1.165) is 12.1 Å². The summed E-state index contributed by atoms with van der Waals surface area (Å²) in [5.41, 5.74) is 1.40. The van der Waals surface area contributed by atoms with E-state index in [0.29, 0.717) is 33.1 Å². The summed E-state index contributed by atoms with van der Waals surface area (Å²) in [4.78, 5) is 29.1. The van der Waals surface area contributed by atoms with E-state index >= 15 is 0 Å². The van der Waals surface area contributed by atoms with Gasteiger partial charge in [0.25, 0.3) is 0 Å². The van der Waals surface area contributed by atoms with Crippen LogP contribution in [0.4, 0.5) is 13.2 Å². The molecule has 0 atom stereocenters. The van der Waals surface area contributed by atoms with E-state index in [-0.39, 0.29) is 31.4 Å². The Hall–Kier alpha value is -3.73. The van der Waals surface area contributed by atoms with Crippen LogP contribution < -0.4 is 5.32 Å². The second-order valence-electron chi connectivity index (χ2n) is 7.74. The van der Waals surface area contributed by atoms with Crippen LogP contribution in [0.15, 0.2) is 70.4 Å². The summed E-state index contributed by atoms with van der Waals surface area (Å²) in [6.45, 7) is 2.41. The van der Waals surface area contributed by atoms with Crippen molar-refractivity contribution in [3.05, 3.63) is 83.3 Å². The Morgan fingerprint density at radius 3 is 2.58 bits per heavy atom. The van der Waals surface area contributed by atoms with Crippen LogP contribution in [0.2, 0.25) is 0 Å². The fourth-order valence-corrected chi connectivity index (χ4v) is 4.32. The Morgan fingerprint density at radius 2 is 1.92 bits per heavy atom. The van der Waals surface area contributed by atoms with E-state index in [2.05, 4.69) is 10.3 Å². The third-order valence-electron chi connectivity index (χ3n) is 5.22. The minimum atomic E-state index is -4.42. The zero-order valence-electron chi connectivity index (χ0n) is 19.2. The highest BCUT2D eigenvalue weighted by atomic mass is 32.2. The number of nitrogens with one attached hydrogen (secondary N) is 1. The fraction of sp³-hybridized carbons (Fsp3) is 0.240. The van der Waals surface area contributed by atoms with Gasteiger partial charge in [0, 0.05) is 0 Å². The Morgan fingerprint density at radius 1 is 1.14 bits per heavy atom. The predicted molar refractivity (Wildman–Crippen MR) is 128 cm³/mol. The van der Waals surface area contributed by atoms with Crippen molar-refractivity contribution >= 4 is 34.7 Å². The smallest absolute Gasteiger partial charge is 0.416 e. The number of furan rings is 1. The molecule has 1 amide bonds. The molecule has 36 heavy (non-hydrogen) atoms. The number of aromatic nitrogens is 2. The minimum absolute atomic E-state index is 0.0573. The maximum atomic E-state index is 13.0. The number of ether oxygens (including phenoxy) is 1. The molecule has 0 fully saturated rings. The first-order valence-corrected chi connectivity index (χ1v) is 12.0. The number of alkyl halides is 3. The number of benzene rings is 2. The van der Waals surface area contributed by atoms with Crippen LogP contribution >= 0.6 is 11.8 Å². The minimum Gasteiger partial charge on any atom is -0.467 e. The molecule has 0 unspecified atom stereocenters. The molecule has 4 aromatic rings. The number of imidazole rings is 1. The van der Waals surface area contributed by atoms with Gasteiger partial charge < -0.3 is 19.0 Å². The molecule has 0 aliphatic rings. The normalized spacial score (nSPS) is 11.6. The summed E-state index contributed by atoms with van der Waals surface area (Å²) >= 11 is 1.18. The van der Waals surface area contributed by atoms with Crippen LogP contribution in [0.25, 0.3) is 11.0 Å². The molecular formula is C25H22F3N3O4S. The van der Waals surface area contributed by atoms with Gasteiger partial charge in [-0.15, -0.1) is 0 Å². The average molecular weight is 518 g/mol. The third-order valence-corrected chi connectivity index (χ3v) is 6.19. The summed E-state index contributed by atoms with van der Waals surface area (Å²) in [6, 6.07) is 13.3. The monoisotopic (exact) mass is 517 g/mol. The second kappa shape index (κ2) is 10.9. The maximum Gasteiger partial charge on any atom is 0.416 e. The van der Waals surface area contributed by atoms with E-state index in [9.17, 15) is 22.8 Å². The number of rotatable bonds is 9. The molecule has 0 saturated carbocycles. The molecule has 1 N–H and O–H groups in total. The number of hydrogen-bond acceptors (Lipinski definition) is 6. The zero-order valence-corrected chi connectivity index (χ0v) is 20.0. The van der Waals surface area contributed by atoms with Crippen LogP contribution in [-0.2, 0) is 28.8 Å². The lowest BCUT2D eigenvalue weighted by molar-refractivity contribution is -0.137. The average Bonchev–Trinajstić information content (AvgIpc) is 3.49. The van der Waals surface area contributed by atoms with Gasteiger partial charge in [-0.3, -0.25) is 4.79 Å². The predicted octanol–water partition coefficient (Wildman–Crippen LogP) is 5.28. The van der Waals surface area contributed by atoms with Crippen LogP contribution in [0.3, 0.4) is 0 Å². The Kier molecular flexibility index (Phi) is 7.68. The molecule has 0 bridgehead atoms. The Bertz CT molecular complexity index is 1350. The molecule has 2 aromatic carbocycles.